The van der Waals surface area contributed by atoms with Gasteiger partial charge >= 0.3 is 0 Å². The first-order valence-electron chi connectivity index (χ1n) is 8.44. The Bertz CT molecular complexity index is 541. The van der Waals surface area contributed by atoms with Crippen molar-refractivity contribution in [1.29, 1.82) is 0 Å². The summed E-state index contributed by atoms with van der Waals surface area (Å²) < 4.78 is 10.7. The Morgan fingerprint density at radius 1 is 1.39 bits per heavy atom. The number of aliphatic hydroxyl groups excluding tert-OH is 1. The minimum Gasteiger partial charge on any atom is -0.393 e. The molecule has 3 rings (SSSR count). The number of amides is 1. The molecule has 2 aliphatic carbocycles. The standard InChI is InChI=1S/C16H25N3O4/c1-3-22-13-5-10(6-13)15(21)17-8-12-4-11(7-14(12)20)16-18-9(2)19-23-16/h10-14,20H,3-8H2,1-2H3,(H,17,21)/t10?,11-,12+,13?,14+/m0/s1. The molecule has 2 aliphatic rings. The molecule has 0 aliphatic heterocycles. The van der Waals surface area contributed by atoms with E-state index in [4.69, 9.17) is 9.26 Å². The highest BCUT2D eigenvalue weighted by molar-refractivity contribution is 5.79. The zero-order valence-corrected chi connectivity index (χ0v) is 13.7. The molecule has 0 radical (unpaired) electrons. The molecule has 7 nitrogen and oxygen atoms in total. The van der Waals surface area contributed by atoms with Gasteiger partial charge in [0.2, 0.25) is 11.8 Å². The molecular weight excluding hydrogens is 298 g/mol. The molecule has 0 aromatic carbocycles. The number of nitrogens with one attached hydrogen (secondary N) is 1. The highest BCUT2D eigenvalue weighted by Gasteiger charge is 2.38. The van der Waals surface area contributed by atoms with Gasteiger partial charge in [0.05, 0.1) is 12.2 Å². The van der Waals surface area contributed by atoms with Crippen molar-refractivity contribution in [2.75, 3.05) is 13.2 Å². The van der Waals surface area contributed by atoms with Gasteiger partial charge in [-0.3, -0.25) is 4.79 Å². The third kappa shape index (κ3) is 3.72. The number of carbonyl (C=O) groups is 1. The van der Waals surface area contributed by atoms with E-state index in [9.17, 15) is 9.90 Å². The van der Waals surface area contributed by atoms with Crippen LogP contribution in [0.1, 0.15) is 50.2 Å². The van der Waals surface area contributed by atoms with Gasteiger partial charge in [0.1, 0.15) is 0 Å². The fraction of sp³-hybridized carbons (Fsp3) is 0.812. The molecule has 23 heavy (non-hydrogen) atoms. The zero-order valence-electron chi connectivity index (χ0n) is 13.7. The number of aromatic nitrogens is 2. The van der Waals surface area contributed by atoms with Crippen LogP contribution in [0.4, 0.5) is 0 Å². The van der Waals surface area contributed by atoms with Crippen molar-refractivity contribution in [2.45, 2.75) is 57.7 Å². The molecule has 1 amide bonds. The zero-order chi connectivity index (χ0) is 16.4. The molecular formula is C16H25N3O4. The minimum atomic E-state index is -0.440. The Morgan fingerprint density at radius 2 is 2.17 bits per heavy atom. The van der Waals surface area contributed by atoms with Crippen LogP contribution in [-0.4, -0.2) is 46.5 Å². The Labute approximate surface area is 135 Å². The molecule has 0 bridgehead atoms. The van der Waals surface area contributed by atoms with E-state index in [1.54, 1.807) is 6.92 Å². The topological polar surface area (TPSA) is 97.5 Å². The van der Waals surface area contributed by atoms with Gasteiger partial charge in [0, 0.05) is 30.9 Å². The molecule has 7 heteroatoms. The van der Waals surface area contributed by atoms with Crippen LogP contribution in [0.3, 0.4) is 0 Å². The second-order valence-electron chi connectivity index (χ2n) is 6.67. The summed E-state index contributed by atoms with van der Waals surface area (Å²) in [4.78, 5) is 16.3. The normalized spacial score (nSPS) is 33.4. The van der Waals surface area contributed by atoms with Crippen LogP contribution in [0.2, 0.25) is 0 Å². The minimum absolute atomic E-state index is 0.0407. The number of nitrogens with zero attached hydrogens (tertiary/aromatic N) is 2. The lowest BCUT2D eigenvalue weighted by molar-refractivity contribution is -0.134. The van der Waals surface area contributed by atoms with Gasteiger partial charge in [-0.25, -0.2) is 0 Å². The van der Waals surface area contributed by atoms with E-state index in [0.717, 1.165) is 19.3 Å². The molecule has 2 fully saturated rings. The molecule has 1 aromatic heterocycles. The highest BCUT2D eigenvalue weighted by Crippen LogP contribution is 2.37. The Kier molecular flexibility index (Phi) is 4.96. The largest absolute Gasteiger partial charge is 0.393 e. The highest BCUT2D eigenvalue weighted by atomic mass is 16.5. The Morgan fingerprint density at radius 3 is 2.83 bits per heavy atom. The van der Waals surface area contributed by atoms with Gasteiger partial charge in [0.25, 0.3) is 0 Å². The van der Waals surface area contributed by atoms with Crippen molar-refractivity contribution < 1.29 is 19.2 Å². The maximum Gasteiger partial charge on any atom is 0.229 e. The SMILES string of the molecule is CCOC1CC(C(=O)NC[C@H]2C[C@H](c3nc(C)no3)C[C@H]2O)C1. The van der Waals surface area contributed by atoms with E-state index in [0.29, 0.717) is 31.3 Å². The summed E-state index contributed by atoms with van der Waals surface area (Å²) in [6, 6.07) is 0. The average Bonchev–Trinajstić information content (AvgIpc) is 3.06. The van der Waals surface area contributed by atoms with Crippen molar-refractivity contribution in [3.8, 4) is 0 Å². The molecule has 0 unspecified atom stereocenters. The Balaban J connectivity index is 1.43. The summed E-state index contributed by atoms with van der Waals surface area (Å²) >= 11 is 0. The second kappa shape index (κ2) is 6.97. The third-order valence-electron chi connectivity index (χ3n) is 4.96. The van der Waals surface area contributed by atoms with Crippen LogP contribution >= 0.6 is 0 Å². The summed E-state index contributed by atoms with van der Waals surface area (Å²) in [5.41, 5.74) is 0. The number of aliphatic hydroxyl groups is 1. The third-order valence-corrected chi connectivity index (χ3v) is 4.96. The maximum atomic E-state index is 12.1. The molecule has 0 spiro atoms. The quantitative estimate of drug-likeness (QED) is 0.815. The molecule has 1 heterocycles. The van der Waals surface area contributed by atoms with E-state index in [1.807, 2.05) is 6.92 Å². The van der Waals surface area contributed by atoms with Gasteiger partial charge in [0.15, 0.2) is 5.82 Å². The first-order chi connectivity index (χ1) is 11.1. The number of carbonyl (C=O) groups excluding carboxylic acids is 1. The van der Waals surface area contributed by atoms with Gasteiger partial charge in [-0.15, -0.1) is 0 Å². The van der Waals surface area contributed by atoms with Crippen LogP contribution in [0.5, 0.6) is 0 Å². The molecule has 2 N–H and O–H groups in total. The average molecular weight is 323 g/mol. The second-order valence-corrected chi connectivity index (χ2v) is 6.67. The van der Waals surface area contributed by atoms with Crippen LogP contribution in [0.15, 0.2) is 4.52 Å². The fourth-order valence-electron chi connectivity index (χ4n) is 3.53. The van der Waals surface area contributed by atoms with E-state index < -0.39 is 6.10 Å². The van der Waals surface area contributed by atoms with Crippen LogP contribution < -0.4 is 5.32 Å². The summed E-state index contributed by atoms with van der Waals surface area (Å²) in [5.74, 6) is 1.46. The first kappa shape index (κ1) is 16.4. The number of hydrogen-bond acceptors (Lipinski definition) is 6. The smallest absolute Gasteiger partial charge is 0.229 e. The van der Waals surface area contributed by atoms with Crippen LogP contribution in [0, 0.1) is 18.8 Å². The number of ether oxygens (including phenoxy) is 1. The van der Waals surface area contributed by atoms with Crippen molar-refractivity contribution in [3.63, 3.8) is 0 Å². The van der Waals surface area contributed by atoms with Crippen molar-refractivity contribution >= 4 is 5.91 Å². The van der Waals surface area contributed by atoms with Crippen molar-refractivity contribution in [2.24, 2.45) is 11.8 Å². The fourth-order valence-corrected chi connectivity index (χ4v) is 3.53. The summed E-state index contributed by atoms with van der Waals surface area (Å²) in [5, 5.41) is 17.0. The monoisotopic (exact) mass is 323 g/mol. The van der Waals surface area contributed by atoms with Crippen LogP contribution in [0.25, 0.3) is 0 Å². The van der Waals surface area contributed by atoms with E-state index in [2.05, 4.69) is 15.5 Å². The van der Waals surface area contributed by atoms with Gasteiger partial charge in [-0.1, -0.05) is 5.16 Å². The van der Waals surface area contributed by atoms with Gasteiger partial charge in [-0.2, -0.15) is 4.98 Å². The predicted octanol–water partition coefficient (Wildman–Crippen LogP) is 1.16. The van der Waals surface area contributed by atoms with E-state index in [-0.39, 0.29) is 29.8 Å². The molecule has 128 valence electrons. The number of hydrogen-bond donors (Lipinski definition) is 2. The summed E-state index contributed by atoms with van der Waals surface area (Å²) in [6.07, 6.45) is 2.77. The first-order valence-corrected chi connectivity index (χ1v) is 8.44. The lowest BCUT2D eigenvalue weighted by atomic mass is 9.81. The maximum absolute atomic E-state index is 12.1. The lowest BCUT2D eigenvalue weighted by Crippen LogP contribution is -2.44. The summed E-state index contributed by atoms with van der Waals surface area (Å²) in [6.45, 7) is 4.95. The van der Waals surface area contributed by atoms with E-state index >= 15 is 0 Å². The van der Waals surface area contributed by atoms with Gasteiger partial charge < -0.3 is 19.7 Å². The lowest BCUT2D eigenvalue weighted by Gasteiger charge is -2.34. The molecule has 3 atom stereocenters. The van der Waals surface area contributed by atoms with Crippen LogP contribution in [-0.2, 0) is 9.53 Å². The molecule has 2 saturated carbocycles. The summed E-state index contributed by atoms with van der Waals surface area (Å²) in [7, 11) is 0. The van der Waals surface area contributed by atoms with E-state index in [1.165, 1.54) is 0 Å². The number of aryl methyl sites for hydroxylation is 1. The van der Waals surface area contributed by atoms with Crippen molar-refractivity contribution in [3.05, 3.63) is 11.7 Å². The Hall–Kier alpha value is -1.47. The number of rotatable bonds is 6. The predicted molar refractivity (Wildman–Crippen MR) is 81.7 cm³/mol. The molecule has 1 aromatic rings. The van der Waals surface area contributed by atoms with Gasteiger partial charge in [-0.05, 0) is 39.5 Å². The molecule has 0 saturated heterocycles. The van der Waals surface area contributed by atoms with Crippen molar-refractivity contribution in [1.82, 2.24) is 15.5 Å².